The lowest BCUT2D eigenvalue weighted by Crippen LogP contribution is -2.23. The number of sulfonamides is 1. The number of hydrogen-bond donors (Lipinski definition) is 1. The quantitative estimate of drug-likeness (QED) is 0.641. The molecule has 0 unspecified atom stereocenters. The van der Waals surface area contributed by atoms with Gasteiger partial charge in [-0.15, -0.1) is 0 Å². The number of aryl methyl sites for hydroxylation is 1. The number of halogens is 1. The van der Waals surface area contributed by atoms with Crippen molar-refractivity contribution in [3.8, 4) is 0 Å². The Bertz CT molecular complexity index is 1040. The summed E-state index contributed by atoms with van der Waals surface area (Å²) in [5.74, 6) is 0.285. The Hall–Kier alpha value is -2.93. The van der Waals surface area contributed by atoms with Gasteiger partial charge in [0.05, 0.1) is 16.8 Å². The highest BCUT2D eigenvalue weighted by molar-refractivity contribution is 7.92. The van der Waals surface area contributed by atoms with Gasteiger partial charge in [0.25, 0.3) is 10.0 Å². The van der Waals surface area contributed by atoms with Crippen LogP contribution in [0.3, 0.4) is 0 Å². The largest absolute Gasteiger partial charge is 0.353 e. The van der Waals surface area contributed by atoms with Crippen molar-refractivity contribution in [3.05, 3.63) is 83.8 Å². The Morgan fingerprint density at radius 2 is 1.82 bits per heavy atom. The Morgan fingerprint density at radius 1 is 1.07 bits per heavy atom. The lowest BCUT2D eigenvalue weighted by molar-refractivity contribution is 0.598. The molecule has 3 rings (SSSR count). The first-order valence-electron chi connectivity index (χ1n) is 8.93. The zero-order valence-electron chi connectivity index (χ0n) is 15.8. The molecule has 0 bridgehead atoms. The van der Waals surface area contributed by atoms with Crippen molar-refractivity contribution >= 4 is 21.5 Å². The summed E-state index contributed by atoms with van der Waals surface area (Å²) in [6.07, 6.45) is 1.49. The van der Waals surface area contributed by atoms with Crippen LogP contribution in [0.5, 0.6) is 0 Å². The van der Waals surface area contributed by atoms with E-state index >= 15 is 0 Å². The maximum atomic E-state index is 13.2. The van der Waals surface area contributed by atoms with Crippen LogP contribution in [-0.4, -0.2) is 19.9 Å². The van der Waals surface area contributed by atoms with Crippen molar-refractivity contribution in [1.82, 2.24) is 4.98 Å². The molecule has 146 valence electrons. The first-order chi connectivity index (χ1) is 13.4. The van der Waals surface area contributed by atoms with Crippen molar-refractivity contribution in [3.63, 3.8) is 0 Å². The highest BCUT2D eigenvalue weighted by Crippen LogP contribution is 2.22. The van der Waals surface area contributed by atoms with Gasteiger partial charge in [-0.1, -0.05) is 30.3 Å². The van der Waals surface area contributed by atoms with E-state index in [-0.39, 0.29) is 4.90 Å². The molecular formula is C21H22FN3O2S. The van der Waals surface area contributed by atoms with Crippen LogP contribution in [0.1, 0.15) is 18.1 Å². The average molecular weight is 399 g/mol. The van der Waals surface area contributed by atoms with Crippen LogP contribution in [0.4, 0.5) is 15.9 Å². The van der Waals surface area contributed by atoms with Gasteiger partial charge in [0, 0.05) is 13.1 Å². The molecule has 0 saturated heterocycles. The molecule has 0 aliphatic rings. The molecule has 0 radical (unpaired) electrons. The van der Waals surface area contributed by atoms with Crippen LogP contribution in [0, 0.1) is 12.7 Å². The number of nitrogens with zero attached hydrogens (tertiary/aromatic N) is 2. The maximum absolute atomic E-state index is 13.2. The number of pyridine rings is 1. The third-order valence-electron chi connectivity index (χ3n) is 4.35. The van der Waals surface area contributed by atoms with Gasteiger partial charge in [0.15, 0.2) is 0 Å². The summed E-state index contributed by atoms with van der Waals surface area (Å²) in [6, 6.07) is 17.1. The Labute approximate surface area is 164 Å². The van der Waals surface area contributed by atoms with E-state index in [2.05, 4.69) is 26.7 Å². The summed E-state index contributed by atoms with van der Waals surface area (Å²) in [6.45, 7) is 5.08. The van der Waals surface area contributed by atoms with E-state index in [4.69, 9.17) is 0 Å². The van der Waals surface area contributed by atoms with Crippen LogP contribution in [0.2, 0.25) is 0 Å². The van der Waals surface area contributed by atoms with Crippen LogP contribution in [-0.2, 0) is 16.6 Å². The van der Waals surface area contributed by atoms with Gasteiger partial charge in [-0.25, -0.2) is 17.8 Å². The molecule has 5 nitrogen and oxygen atoms in total. The normalized spacial score (nSPS) is 11.2. The lowest BCUT2D eigenvalue weighted by Gasteiger charge is -2.22. The van der Waals surface area contributed by atoms with Crippen LogP contribution >= 0.6 is 0 Å². The molecule has 2 aromatic carbocycles. The molecule has 1 N–H and O–H groups in total. The van der Waals surface area contributed by atoms with Gasteiger partial charge in [-0.3, -0.25) is 4.72 Å². The van der Waals surface area contributed by atoms with Crippen LogP contribution in [0.25, 0.3) is 0 Å². The molecule has 1 heterocycles. The fraction of sp³-hybridized carbons (Fsp3) is 0.190. The van der Waals surface area contributed by atoms with Gasteiger partial charge in [0.1, 0.15) is 11.6 Å². The highest BCUT2D eigenvalue weighted by atomic mass is 32.2. The summed E-state index contributed by atoms with van der Waals surface area (Å²) in [5.41, 5.74) is 1.86. The molecular weight excluding hydrogens is 377 g/mol. The topological polar surface area (TPSA) is 62.3 Å². The summed E-state index contributed by atoms with van der Waals surface area (Å²) < 4.78 is 40.9. The third kappa shape index (κ3) is 4.67. The van der Waals surface area contributed by atoms with E-state index in [1.165, 1.54) is 23.9 Å². The second-order valence-electron chi connectivity index (χ2n) is 6.42. The number of benzene rings is 2. The predicted octanol–water partition coefficient (Wildman–Crippen LogP) is 4.36. The fourth-order valence-corrected chi connectivity index (χ4v) is 4.19. The van der Waals surface area contributed by atoms with Gasteiger partial charge in [0.2, 0.25) is 0 Å². The van der Waals surface area contributed by atoms with E-state index in [0.29, 0.717) is 17.8 Å². The van der Waals surface area contributed by atoms with Gasteiger partial charge >= 0.3 is 0 Å². The molecule has 3 aromatic rings. The smallest absolute Gasteiger partial charge is 0.262 e. The summed E-state index contributed by atoms with van der Waals surface area (Å²) in [7, 11) is -3.82. The van der Waals surface area contributed by atoms with Gasteiger partial charge < -0.3 is 4.90 Å². The van der Waals surface area contributed by atoms with E-state index in [1.807, 2.05) is 25.1 Å². The molecule has 0 aliphatic heterocycles. The predicted molar refractivity (Wildman–Crippen MR) is 109 cm³/mol. The monoisotopic (exact) mass is 399 g/mol. The molecule has 7 heteroatoms. The minimum atomic E-state index is -3.82. The molecule has 1 aromatic heterocycles. The zero-order chi connectivity index (χ0) is 20.1. The summed E-state index contributed by atoms with van der Waals surface area (Å²) in [4.78, 5) is 6.53. The van der Waals surface area contributed by atoms with Crippen molar-refractivity contribution in [2.75, 3.05) is 16.2 Å². The first-order valence-corrected chi connectivity index (χ1v) is 10.4. The number of aromatic nitrogens is 1. The number of anilines is 2. The Kier molecular flexibility index (Phi) is 5.94. The molecule has 0 fully saturated rings. The van der Waals surface area contributed by atoms with E-state index in [0.717, 1.165) is 18.4 Å². The van der Waals surface area contributed by atoms with Gasteiger partial charge in [-0.05, 0) is 55.3 Å². The second kappa shape index (κ2) is 8.39. The number of hydrogen-bond acceptors (Lipinski definition) is 4. The second-order valence-corrected chi connectivity index (χ2v) is 8.07. The zero-order valence-corrected chi connectivity index (χ0v) is 16.6. The first kappa shape index (κ1) is 19.8. The molecule has 0 aliphatic carbocycles. The molecule has 0 atom stereocenters. The van der Waals surface area contributed by atoms with E-state index < -0.39 is 15.8 Å². The van der Waals surface area contributed by atoms with Crippen molar-refractivity contribution < 1.29 is 12.8 Å². The van der Waals surface area contributed by atoms with E-state index in [9.17, 15) is 12.8 Å². The van der Waals surface area contributed by atoms with Gasteiger partial charge in [-0.2, -0.15) is 0 Å². The molecule has 0 saturated carbocycles. The molecule has 28 heavy (non-hydrogen) atoms. The highest BCUT2D eigenvalue weighted by Gasteiger charge is 2.18. The SMILES string of the molecule is CCN(Cc1ccccc1)c1ccc(NS(=O)(=O)c2ccc(F)cc2C)cn1. The lowest BCUT2D eigenvalue weighted by atomic mass is 10.2. The van der Waals surface area contributed by atoms with Crippen LogP contribution < -0.4 is 9.62 Å². The standard InChI is InChI=1S/C21H22FN3O2S/c1-3-25(15-17-7-5-4-6-8-17)21-12-10-19(14-23-21)24-28(26,27)20-11-9-18(22)13-16(20)2/h4-14,24H,3,15H2,1-2H3. The Balaban J connectivity index is 1.76. The molecule has 0 spiro atoms. The van der Waals surface area contributed by atoms with Crippen LogP contribution in [0.15, 0.2) is 71.8 Å². The Morgan fingerprint density at radius 3 is 2.43 bits per heavy atom. The van der Waals surface area contributed by atoms with Crippen molar-refractivity contribution in [2.24, 2.45) is 0 Å². The minimum Gasteiger partial charge on any atom is -0.353 e. The maximum Gasteiger partial charge on any atom is 0.262 e. The van der Waals surface area contributed by atoms with Crippen molar-refractivity contribution in [1.29, 1.82) is 0 Å². The molecule has 0 amide bonds. The average Bonchev–Trinajstić information content (AvgIpc) is 2.67. The fourth-order valence-electron chi connectivity index (χ4n) is 2.92. The summed E-state index contributed by atoms with van der Waals surface area (Å²) in [5, 5.41) is 0. The number of rotatable bonds is 7. The minimum absolute atomic E-state index is 0.0391. The number of nitrogens with one attached hydrogen (secondary N) is 1. The summed E-state index contributed by atoms with van der Waals surface area (Å²) >= 11 is 0. The van der Waals surface area contributed by atoms with E-state index in [1.54, 1.807) is 19.1 Å². The van der Waals surface area contributed by atoms with Crippen molar-refractivity contribution in [2.45, 2.75) is 25.3 Å². The third-order valence-corrected chi connectivity index (χ3v) is 5.89.